The van der Waals surface area contributed by atoms with E-state index >= 15 is 0 Å². The van der Waals surface area contributed by atoms with Crippen LogP contribution in [0.3, 0.4) is 0 Å². The molecule has 0 heterocycles. The van der Waals surface area contributed by atoms with Crippen molar-refractivity contribution in [1.29, 1.82) is 0 Å². The quantitative estimate of drug-likeness (QED) is 0.651. The van der Waals surface area contributed by atoms with Crippen LogP contribution in [0.4, 0.5) is 4.79 Å². The maximum atomic E-state index is 11.6. The number of halogens is 3. The number of nitrogens with one attached hydrogen (secondary N) is 1. The largest absolute Gasteiger partial charge is 0.492 e. The summed E-state index contributed by atoms with van der Waals surface area (Å²) in [7, 11) is 5.17. The van der Waals surface area contributed by atoms with Crippen LogP contribution in [0.5, 0.6) is 11.5 Å². The van der Waals surface area contributed by atoms with Crippen molar-refractivity contribution in [2.75, 3.05) is 27.7 Å². The fourth-order valence-corrected chi connectivity index (χ4v) is 2.78. The van der Waals surface area contributed by atoms with E-state index < -0.39 is 6.09 Å². The van der Waals surface area contributed by atoms with Gasteiger partial charge in [0.05, 0.1) is 11.6 Å². The molecule has 0 aliphatic carbocycles. The normalized spacial score (nSPS) is 11.3. The summed E-state index contributed by atoms with van der Waals surface area (Å²) in [5.74, 6) is 1.11. The molecule has 0 aliphatic heterocycles. The third kappa shape index (κ3) is 7.11. The molecule has 0 aliphatic rings. The minimum atomic E-state index is -0.406. The average molecular weight is 434 g/mol. The SMILES string of the molecule is CNC(CCOc1ccc(Cl)cc1Cl)c1ccc(OC(=O)N(C)C)cc1.Cl. The van der Waals surface area contributed by atoms with E-state index in [4.69, 9.17) is 32.7 Å². The first-order valence-corrected chi connectivity index (χ1v) is 8.90. The number of benzene rings is 2. The molecule has 148 valence electrons. The first-order chi connectivity index (χ1) is 12.4. The van der Waals surface area contributed by atoms with Crippen molar-refractivity contribution in [3.8, 4) is 11.5 Å². The van der Waals surface area contributed by atoms with E-state index in [-0.39, 0.29) is 18.4 Å². The fourth-order valence-electron chi connectivity index (χ4n) is 2.32. The lowest BCUT2D eigenvalue weighted by atomic mass is 10.0. The molecule has 8 heteroatoms. The Kier molecular flexibility index (Phi) is 9.74. The number of carbonyl (C=O) groups excluding carboxylic acids is 1. The van der Waals surface area contributed by atoms with Crippen LogP contribution in [0, 0.1) is 0 Å². The lowest BCUT2D eigenvalue weighted by Crippen LogP contribution is -2.25. The van der Waals surface area contributed by atoms with Gasteiger partial charge in [0.25, 0.3) is 0 Å². The maximum Gasteiger partial charge on any atom is 0.414 e. The molecule has 0 saturated carbocycles. The van der Waals surface area contributed by atoms with Crippen molar-refractivity contribution < 1.29 is 14.3 Å². The number of nitrogens with zero attached hydrogens (tertiary/aromatic N) is 1. The molecule has 2 rings (SSSR count). The van der Waals surface area contributed by atoms with Gasteiger partial charge in [-0.25, -0.2) is 4.79 Å². The number of amides is 1. The smallest absolute Gasteiger partial charge is 0.414 e. The highest BCUT2D eigenvalue weighted by molar-refractivity contribution is 6.35. The van der Waals surface area contributed by atoms with Crippen molar-refractivity contribution in [2.45, 2.75) is 12.5 Å². The maximum absolute atomic E-state index is 11.6. The lowest BCUT2D eigenvalue weighted by Gasteiger charge is -2.18. The standard InChI is InChI=1S/C19H22Cl2N2O3.ClH/c1-22-17(10-11-25-18-9-6-14(20)12-16(18)21)13-4-7-15(8-5-13)26-19(24)23(2)3;/h4-9,12,17,22H,10-11H2,1-3H3;1H. The summed E-state index contributed by atoms with van der Waals surface area (Å²) in [6.45, 7) is 0.490. The minimum absolute atomic E-state index is 0. The van der Waals surface area contributed by atoms with Gasteiger partial charge in [-0.15, -0.1) is 12.4 Å². The molecule has 2 aromatic rings. The molecule has 1 N–H and O–H groups in total. The fraction of sp³-hybridized carbons (Fsp3) is 0.316. The molecule has 0 fully saturated rings. The highest BCUT2D eigenvalue weighted by atomic mass is 35.5. The van der Waals surface area contributed by atoms with Gasteiger partial charge in [-0.3, -0.25) is 0 Å². The Labute approximate surface area is 176 Å². The first kappa shape index (κ1) is 23.4. The molecule has 1 atom stereocenters. The van der Waals surface area contributed by atoms with E-state index in [1.165, 1.54) is 4.90 Å². The number of hydrogen-bond donors (Lipinski definition) is 1. The topological polar surface area (TPSA) is 50.8 Å². The summed E-state index contributed by atoms with van der Waals surface area (Å²) in [6.07, 6.45) is 0.336. The second kappa shape index (κ2) is 11.2. The summed E-state index contributed by atoms with van der Waals surface area (Å²) in [6, 6.07) is 12.7. The Balaban J connectivity index is 0.00000364. The van der Waals surface area contributed by atoms with Gasteiger partial charge in [-0.1, -0.05) is 35.3 Å². The zero-order valence-electron chi connectivity index (χ0n) is 15.4. The zero-order chi connectivity index (χ0) is 19.1. The molecule has 0 radical (unpaired) electrons. The van der Waals surface area contributed by atoms with E-state index in [0.717, 1.165) is 12.0 Å². The molecule has 1 amide bonds. The predicted molar refractivity (Wildman–Crippen MR) is 112 cm³/mol. The van der Waals surface area contributed by atoms with Crippen molar-refractivity contribution in [2.24, 2.45) is 0 Å². The van der Waals surface area contributed by atoms with Crippen LogP contribution < -0.4 is 14.8 Å². The van der Waals surface area contributed by atoms with Crippen molar-refractivity contribution in [3.05, 3.63) is 58.1 Å². The summed E-state index contributed by atoms with van der Waals surface area (Å²) >= 11 is 12.0. The number of carbonyl (C=O) groups is 1. The number of hydrogen-bond acceptors (Lipinski definition) is 4. The van der Waals surface area contributed by atoms with E-state index in [0.29, 0.717) is 28.2 Å². The van der Waals surface area contributed by atoms with Gasteiger partial charge >= 0.3 is 6.09 Å². The van der Waals surface area contributed by atoms with Crippen LogP contribution in [0.2, 0.25) is 10.0 Å². The van der Waals surface area contributed by atoms with Gasteiger partial charge in [0.1, 0.15) is 11.5 Å². The molecule has 0 saturated heterocycles. The number of ether oxygens (including phenoxy) is 2. The molecular formula is C19H23Cl3N2O3. The third-order valence-corrected chi connectivity index (χ3v) is 4.29. The summed E-state index contributed by atoms with van der Waals surface area (Å²) < 4.78 is 11.0. The van der Waals surface area contributed by atoms with Crippen LogP contribution in [-0.4, -0.2) is 38.7 Å². The second-order valence-corrected chi connectivity index (χ2v) is 6.73. The molecule has 0 aromatic heterocycles. The van der Waals surface area contributed by atoms with Crippen LogP contribution in [0.1, 0.15) is 18.0 Å². The minimum Gasteiger partial charge on any atom is -0.492 e. The van der Waals surface area contributed by atoms with Gasteiger partial charge in [-0.2, -0.15) is 0 Å². The Morgan fingerprint density at radius 1 is 1.15 bits per heavy atom. The Hall–Kier alpha value is -1.66. The van der Waals surface area contributed by atoms with E-state index in [1.54, 1.807) is 44.4 Å². The highest BCUT2D eigenvalue weighted by Gasteiger charge is 2.12. The van der Waals surface area contributed by atoms with Gasteiger partial charge in [0, 0.05) is 31.6 Å². The predicted octanol–water partition coefficient (Wildman–Crippen LogP) is 5.21. The highest BCUT2D eigenvalue weighted by Crippen LogP contribution is 2.28. The van der Waals surface area contributed by atoms with E-state index in [9.17, 15) is 4.79 Å². The van der Waals surface area contributed by atoms with Gasteiger partial charge < -0.3 is 19.7 Å². The monoisotopic (exact) mass is 432 g/mol. The second-order valence-electron chi connectivity index (χ2n) is 5.88. The summed E-state index contributed by atoms with van der Waals surface area (Å²) in [5.41, 5.74) is 1.07. The van der Waals surface area contributed by atoms with Crippen molar-refractivity contribution in [3.63, 3.8) is 0 Å². The number of rotatable bonds is 7. The van der Waals surface area contributed by atoms with Crippen LogP contribution in [0.25, 0.3) is 0 Å². The van der Waals surface area contributed by atoms with Crippen molar-refractivity contribution in [1.82, 2.24) is 10.2 Å². The van der Waals surface area contributed by atoms with E-state index in [2.05, 4.69) is 5.32 Å². The third-order valence-electron chi connectivity index (χ3n) is 3.76. The Bertz CT molecular complexity index is 739. The van der Waals surface area contributed by atoms with E-state index in [1.807, 2.05) is 19.2 Å². The van der Waals surface area contributed by atoms with Crippen LogP contribution >= 0.6 is 35.6 Å². The van der Waals surface area contributed by atoms with Crippen LogP contribution in [0.15, 0.2) is 42.5 Å². The Morgan fingerprint density at radius 2 is 1.81 bits per heavy atom. The summed E-state index contributed by atoms with van der Waals surface area (Å²) in [4.78, 5) is 12.9. The molecule has 2 aromatic carbocycles. The molecular weight excluding hydrogens is 411 g/mol. The average Bonchev–Trinajstić information content (AvgIpc) is 2.61. The van der Waals surface area contributed by atoms with Gasteiger partial charge in [0.2, 0.25) is 0 Å². The first-order valence-electron chi connectivity index (χ1n) is 8.15. The molecule has 0 spiro atoms. The summed E-state index contributed by atoms with van der Waals surface area (Å²) in [5, 5.41) is 4.32. The Morgan fingerprint density at radius 3 is 2.37 bits per heavy atom. The lowest BCUT2D eigenvalue weighted by molar-refractivity contribution is 0.172. The molecule has 27 heavy (non-hydrogen) atoms. The molecule has 5 nitrogen and oxygen atoms in total. The van der Waals surface area contributed by atoms with Gasteiger partial charge in [0.15, 0.2) is 0 Å². The van der Waals surface area contributed by atoms with Crippen molar-refractivity contribution >= 4 is 41.7 Å². The van der Waals surface area contributed by atoms with Gasteiger partial charge in [-0.05, 0) is 42.9 Å². The van der Waals surface area contributed by atoms with Crippen LogP contribution in [-0.2, 0) is 0 Å². The molecule has 1 unspecified atom stereocenters. The zero-order valence-corrected chi connectivity index (χ0v) is 17.7. The molecule has 0 bridgehead atoms.